The van der Waals surface area contributed by atoms with Crippen LogP contribution in [0, 0.1) is 13.8 Å². The molecule has 7 nitrogen and oxygen atoms in total. The average molecular weight is 368 g/mol. The van der Waals surface area contributed by atoms with E-state index in [4.69, 9.17) is 4.74 Å². The SMILES string of the molecule is Cc1[nH]c2ccc(C(=O)O[C@@H](C)C(=O)Nc3ccnn3C(C)C)cc2c1C. The molecule has 0 radical (unpaired) electrons. The second-order valence-corrected chi connectivity index (χ2v) is 6.93. The van der Waals surface area contributed by atoms with Crippen LogP contribution in [0.2, 0.25) is 0 Å². The van der Waals surface area contributed by atoms with Crippen molar-refractivity contribution in [2.45, 2.75) is 46.8 Å². The summed E-state index contributed by atoms with van der Waals surface area (Å²) in [7, 11) is 0. The van der Waals surface area contributed by atoms with Crippen LogP contribution in [0.25, 0.3) is 10.9 Å². The molecule has 3 rings (SSSR count). The molecule has 0 saturated carbocycles. The van der Waals surface area contributed by atoms with Crippen LogP contribution in [-0.4, -0.2) is 32.7 Å². The minimum absolute atomic E-state index is 0.105. The van der Waals surface area contributed by atoms with E-state index in [-0.39, 0.29) is 6.04 Å². The molecule has 0 saturated heterocycles. The highest BCUT2D eigenvalue weighted by atomic mass is 16.5. The average Bonchev–Trinajstić information content (AvgIpc) is 3.19. The summed E-state index contributed by atoms with van der Waals surface area (Å²) in [6, 6.07) is 7.14. The predicted molar refractivity (Wildman–Crippen MR) is 104 cm³/mol. The summed E-state index contributed by atoms with van der Waals surface area (Å²) in [5.41, 5.74) is 3.53. The van der Waals surface area contributed by atoms with Crippen LogP contribution in [0.1, 0.15) is 48.4 Å². The van der Waals surface area contributed by atoms with Crippen molar-refractivity contribution in [1.29, 1.82) is 0 Å². The molecule has 7 heteroatoms. The van der Waals surface area contributed by atoms with E-state index in [0.717, 1.165) is 22.2 Å². The van der Waals surface area contributed by atoms with Gasteiger partial charge < -0.3 is 15.0 Å². The molecule has 142 valence electrons. The Labute approximate surface area is 157 Å². The number of carbonyl (C=O) groups is 2. The summed E-state index contributed by atoms with van der Waals surface area (Å²) in [6.45, 7) is 9.46. The Kier molecular flexibility index (Phi) is 5.03. The quantitative estimate of drug-likeness (QED) is 0.671. The molecular formula is C20H24N4O3. The number of esters is 1. The van der Waals surface area contributed by atoms with E-state index >= 15 is 0 Å². The number of aromatic nitrogens is 3. The number of hydrogen-bond donors (Lipinski definition) is 2. The number of carbonyl (C=O) groups excluding carboxylic acids is 2. The van der Waals surface area contributed by atoms with E-state index < -0.39 is 18.0 Å². The van der Waals surface area contributed by atoms with E-state index in [2.05, 4.69) is 15.4 Å². The molecule has 0 aliphatic heterocycles. The molecule has 1 atom stereocenters. The Morgan fingerprint density at radius 2 is 1.93 bits per heavy atom. The third-order valence-electron chi connectivity index (χ3n) is 4.61. The van der Waals surface area contributed by atoms with Crippen molar-refractivity contribution >= 4 is 28.6 Å². The summed E-state index contributed by atoms with van der Waals surface area (Å²) in [5, 5.41) is 7.89. The van der Waals surface area contributed by atoms with Gasteiger partial charge in [-0.15, -0.1) is 0 Å². The number of amides is 1. The maximum absolute atomic E-state index is 12.5. The topological polar surface area (TPSA) is 89.0 Å². The van der Waals surface area contributed by atoms with Crippen LogP contribution < -0.4 is 5.32 Å². The van der Waals surface area contributed by atoms with Gasteiger partial charge in [-0.25, -0.2) is 9.48 Å². The molecule has 0 spiro atoms. The van der Waals surface area contributed by atoms with Gasteiger partial charge >= 0.3 is 5.97 Å². The number of nitrogens with one attached hydrogen (secondary N) is 2. The smallest absolute Gasteiger partial charge is 0.338 e. The maximum atomic E-state index is 12.5. The molecule has 3 aromatic rings. The minimum atomic E-state index is -0.933. The first-order chi connectivity index (χ1) is 12.8. The number of aromatic amines is 1. The summed E-state index contributed by atoms with van der Waals surface area (Å²) in [4.78, 5) is 28.1. The highest BCUT2D eigenvalue weighted by Crippen LogP contribution is 2.23. The number of anilines is 1. The largest absolute Gasteiger partial charge is 0.449 e. The van der Waals surface area contributed by atoms with Gasteiger partial charge in [0, 0.05) is 28.7 Å². The monoisotopic (exact) mass is 368 g/mol. The van der Waals surface area contributed by atoms with Gasteiger partial charge in [-0.05, 0) is 58.4 Å². The Bertz CT molecular complexity index is 1000. The minimum Gasteiger partial charge on any atom is -0.449 e. The molecule has 0 bridgehead atoms. The van der Waals surface area contributed by atoms with E-state index in [1.807, 2.05) is 33.8 Å². The summed E-state index contributed by atoms with van der Waals surface area (Å²) >= 11 is 0. The van der Waals surface area contributed by atoms with Crippen molar-refractivity contribution in [2.24, 2.45) is 0 Å². The second kappa shape index (κ2) is 7.26. The van der Waals surface area contributed by atoms with E-state index in [9.17, 15) is 9.59 Å². The van der Waals surface area contributed by atoms with Gasteiger partial charge in [0.15, 0.2) is 6.10 Å². The normalized spacial score (nSPS) is 12.4. The molecule has 0 fully saturated rings. The number of nitrogens with zero attached hydrogens (tertiary/aromatic N) is 2. The molecule has 1 amide bonds. The van der Waals surface area contributed by atoms with Crippen LogP contribution in [0.3, 0.4) is 0 Å². The standard InChI is InChI=1S/C20H24N4O3/c1-11(2)24-18(8-9-21-24)23-19(25)14(5)27-20(26)15-6-7-17-16(10-15)12(3)13(4)22-17/h6-11,14,22H,1-5H3,(H,23,25)/t14-/m0/s1. The first-order valence-corrected chi connectivity index (χ1v) is 8.92. The molecule has 0 aliphatic carbocycles. The highest BCUT2D eigenvalue weighted by Gasteiger charge is 2.21. The van der Waals surface area contributed by atoms with E-state index in [1.54, 1.807) is 36.0 Å². The lowest BCUT2D eigenvalue weighted by Crippen LogP contribution is -2.31. The van der Waals surface area contributed by atoms with Gasteiger partial charge in [0.25, 0.3) is 5.91 Å². The lowest BCUT2D eigenvalue weighted by atomic mass is 10.1. The number of ether oxygens (including phenoxy) is 1. The van der Waals surface area contributed by atoms with Crippen LogP contribution in [-0.2, 0) is 9.53 Å². The molecule has 2 aromatic heterocycles. The highest BCUT2D eigenvalue weighted by molar-refractivity contribution is 5.99. The molecular weight excluding hydrogens is 344 g/mol. The van der Waals surface area contributed by atoms with Crippen molar-refractivity contribution in [3.8, 4) is 0 Å². The van der Waals surface area contributed by atoms with E-state index in [1.165, 1.54) is 0 Å². The molecule has 0 unspecified atom stereocenters. The Morgan fingerprint density at radius 1 is 1.19 bits per heavy atom. The molecule has 1 aromatic carbocycles. The van der Waals surface area contributed by atoms with Crippen molar-refractivity contribution in [3.05, 3.63) is 47.3 Å². The first-order valence-electron chi connectivity index (χ1n) is 8.92. The predicted octanol–water partition coefficient (Wildman–Crippen LogP) is 3.75. The summed E-state index contributed by atoms with van der Waals surface area (Å²) in [5.74, 6) is -0.367. The molecule has 27 heavy (non-hydrogen) atoms. The van der Waals surface area contributed by atoms with Crippen LogP contribution in [0.5, 0.6) is 0 Å². The zero-order valence-electron chi connectivity index (χ0n) is 16.2. The number of aryl methyl sites for hydroxylation is 2. The molecule has 2 N–H and O–H groups in total. The number of rotatable bonds is 5. The lowest BCUT2D eigenvalue weighted by Gasteiger charge is -2.15. The number of hydrogen-bond acceptors (Lipinski definition) is 4. The number of fused-ring (bicyclic) bond motifs is 1. The fraction of sp³-hybridized carbons (Fsp3) is 0.350. The summed E-state index contributed by atoms with van der Waals surface area (Å²) in [6.07, 6.45) is 0.681. The lowest BCUT2D eigenvalue weighted by molar-refractivity contribution is -0.123. The second-order valence-electron chi connectivity index (χ2n) is 6.93. The fourth-order valence-corrected chi connectivity index (χ4v) is 2.92. The van der Waals surface area contributed by atoms with Gasteiger partial charge in [0.1, 0.15) is 5.82 Å². The fourth-order valence-electron chi connectivity index (χ4n) is 2.92. The number of benzene rings is 1. The van der Waals surface area contributed by atoms with Crippen LogP contribution >= 0.6 is 0 Å². The van der Waals surface area contributed by atoms with E-state index in [0.29, 0.717) is 11.4 Å². The third kappa shape index (κ3) is 3.72. The van der Waals surface area contributed by atoms with Crippen LogP contribution in [0.15, 0.2) is 30.5 Å². The number of H-pyrrole nitrogens is 1. The van der Waals surface area contributed by atoms with Gasteiger partial charge in [-0.1, -0.05) is 0 Å². The van der Waals surface area contributed by atoms with Crippen molar-refractivity contribution in [2.75, 3.05) is 5.32 Å². The van der Waals surface area contributed by atoms with Crippen molar-refractivity contribution in [3.63, 3.8) is 0 Å². The zero-order valence-corrected chi connectivity index (χ0v) is 16.2. The first kappa shape index (κ1) is 18.7. The third-order valence-corrected chi connectivity index (χ3v) is 4.61. The van der Waals surface area contributed by atoms with Gasteiger partial charge in [-0.2, -0.15) is 5.10 Å². The van der Waals surface area contributed by atoms with Gasteiger partial charge in [0.05, 0.1) is 11.8 Å². The summed E-state index contributed by atoms with van der Waals surface area (Å²) < 4.78 is 7.04. The Balaban J connectivity index is 1.70. The van der Waals surface area contributed by atoms with Crippen molar-refractivity contribution in [1.82, 2.24) is 14.8 Å². The maximum Gasteiger partial charge on any atom is 0.338 e. The molecule has 2 heterocycles. The zero-order chi connectivity index (χ0) is 19.7. The Morgan fingerprint density at radius 3 is 2.63 bits per heavy atom. The van der Waals surface area contributed by atoms with Crippen molar-refractivity contribution < 1.29 is 14.3 Å². The van der Waals surface area contributed by atoms with Gasteiger partial charge in [-0.3, -0.25) is 4.79 Å². The Hall–Kier alpha value is -3.09. The molecule has 0 aliphatic rings. The van der Waals surface area contributed by atoms with Gasteiger partial charge in [0.2, 0.25) is 0 Å². The van der Waals surface area contributed by atoms with Crippen LogP contribution in [0.4, 0.5) is 5.82 Å².